The second kappa shape index (κ2) is 6.45. The van der Waals surface area contributed by atoms with Crippen LogP contribution in [0, 0.1) is 0 Å². The number of ether oxygens (including phenoxy) is 1. The van der Waals surface area contributed by atoms with Crippen molar-refractivity contribution in [3.05, 3.63) is 29.8 Å². The van der Waals surface area contributed by atoms with E-state index in [4.69, 9.17) is 9.84 Å². The fourth-order valence-corrected chi connectivity index (χ4v) is 4.11. The van der Waals surface area contributed by atoms with Crippen LogP contribution < -0.4 is 0 Å². The van der Waals surface area contributed by atoms with Crippen molar-refractivity contribution in [3.63, 3.8) is 0 Å². The summed E-state index contributed by atoms with van der Waals surface area (Å²) < 4.78 is 31.0. The summed E-state index contributed by atoms with van der Waals surface area (Å²) in [5, 5.41) is 9.13. The zero-order chi connectivity index (χ0) is 16.3. The van der Waals surface area contributed by atoms with Crippen molar-refractivity contribution in [1.82, 2.24) is 4.31 Å². The third kappa shape index (κ3) is 3.12. The first-order valence-corrected chi connectivity index (χ1v) is 8.33. The van der Waals surface area contributed by atoms with E-state index in [0.29, 0.717) is 6.42 Å². The number of hydrogen-bond donors (Lipinski definition) is 1. The Balaban J connectivity index is 2.36. The number of carbonyl (C=O) groups is 2. The summed E-state index contributed by atoms with van der Waals surface area (Å²) >= 11 is 0. The number of sulfonamides is 1. The Hall–Kier alpha value is -1.93. The van der Waals surface area contributed by atoms with Crippen molar-refractivity contribution < 1.29 is 27.9 Å². The van der Waals surface area contributed by atoms with Crippen LogP contribution in [-0.4, -0.2) is 49.0 Å². The zero-order valence-electron chi connectivity index (χ0n) is 12.1. The van der Waals surface area contributed by atoms with Crippen molar-refractivity contribution in [2.75, 3.05) is 13.2 Å². The number of carboxylic acids is 1. The van der Waals surface area contributed by atoms with E-state index >= 15 is 0 Å². The van der Waals surface area contributed by atoms with E-state index in [1.807, 2.05) is 0 Å². The van der Waals surface area contributed by atoms with Crippen LogP contribution in [0.4, 0.5) is 0 Å². The average Bonchev–Trinajstić information content (AvgIpc) is 2.98. The lowest BCUT2D eigenvalue weighted by Gasteiger charge is -2.21. The van der Waals surface area contributed by atoms with Gasteiger partial charge in [-0.3, -0.25) is 4.79 Å². The van der Waals surface area contributed by atoms with Gasteiger partial charge in [0, 0.05) is 6.54 Å². The predicted octanol–water partition coefficient (Wildman–Crippen LogP) is 1.10. The average molecular weight is 327 g/mol. The van der Waals surface area contributed by atoms with E-state index in [-0.39, 0.29) is 30.0 Å². The topological polar surface area (TPSA) is 101 Å². The summed E-state index contributed by atoms with van der Waals surface area (Å²) in [7, 11) is -3.96. The lowest BCUT2D eigenvalue weighted by molar-refractivity contribution is -0.140. The van der Waals surface area contributed by atoms with Gasteiger partial charge in [-0.2, -0.15) is 4.31 Å². The smallest absolute Gasteiger partial charge is 0.338 e. The minimum absolute atomic E-state index is 0.105. The van der Waals surface area contributed by atoms with Gasteiger partial charge < -0.3 is 9.84 Å². The van der Waals surface area contributed by atoms with Gasteiger partial charge >= 0.3 is 11.9 Å². The highest BCUT2D eigenvalue weighted by atomic mass is 32.2. The lowest BCUT2D eigenvalue weighted by atomic mass is 10.2. The first kappa shape index (κ1) is 16.4. The molecule has 0 aliphatic carbocycles. The molecular weight excluding hydrogens is 310 g/mol. The molecule has 1 aromatic carbocycles. The molecule has 0 bridgehead atoms. The summed E-state index contributed by atoms with van der Waals surface area (Å²) in [4.78, 5) is 22.8. The fourth-order valence-electron chi connectivity index (χ4n) is 2.41. The summed E-state index contributed by atoms with van der Waals surface area (Å²) in [5.74, 6) is -1.78. The molecule has 120 valence electrons. The SMILES string of the molecule is CCOC(=O)c1cccc(S(=O)(=O)N2CCCC2C(=O)O)c1. The molecule has 1 saturated heterocycles. The molecule has 0 saturated carbocycles. The quantitative estimate of drug-likeness (QED) is 0.813. The predicted molar refractivity (Wildman–Crippen MR) is 76.9 cm³/mol. The second-order valence-corrected chi connectivity index (χ2v) is 6.75. The molecule has 1 aliphatic heterocycles. The number of nitrogens with zero attached hydrogens (tertiary/aromatic N) is 1. The normalized spacial score (nSPS) is 19.0. The van der Waals surface area contributed by atoms with Gasteiger partial charge in [-0.25, -0.2) is 13.2 Å². The molecule has 1 heterocycles. The van der Waals surface area contributed by atoms with E-state index in [1.54, 1.807) is 6.92 Å². The van der Waals surface area contributed by atoms with Gasteiger partial charge in [0.1, 0.15) is 6.04 Å². The number of esters is 1. The Kier molecular flexibility index (Phi) is 4.82. The number of benzene rings is 1. The molecule has 7 nitrogen and oxygen atoms in total. The maximum absolute atomic E-state index is 12.6. The molecule has 22 heavy (non-hydrogen) atoms. The third-order valence-corrected chi connectivity index (χ3v) is 5.34. The molecule has 8 heteroatoms. The number of carboxylic acid groups (broad SMARTS) is 1. The molecular formula is C14H17NO6S. The van der Waals surface area contributed by atoms with Crippen LogP contribution in [0.2, 0.25) is 0 Å². The van der Waals surface area contributed by atoms with Crippen LogP contribution >= 0.6 is 0 Å². The monoisotopic (exact) mass is 327 g/mol. The van der Waals surface area contributed by atoms with Crippen LogP contribution in [0.25, 0.3) is 0 Å². The molecule has 1 N–H and O–H groups in total. The second-order valence-electron chi connectivity index (χ2n) is 4.86. The molecule has 0 radical (unpaired) electrons. The van der Waals surface area contributed by atoms with Gasteiger partial charge in [0.25, 0.3) is 0 Å². The molecule has 1 fully saturated rings. The van der Waals surface area contributed by atoms with Gasteiger partial charge in [-0.05, 0) is 38.0 Å². The molecule has 0 aromatic heterocycles. The van der Waals surface area contributed by atoms with Crippen molar-refractivity contribution in [3.8, 4) is 0 Å². The van der Waals surface area contributed by atoms with E-state index in [1.165, 1.54) is 24.3 Å². The minimum Gasteiger partial charge on any atom is -0.480 e. The van der Waals surface area contributed by atoms with E-state index in [0.717, 1.165) is 4.31 Å². The zero-order valence-corrected chi connectivity index (χ0v) is 12.9. The third-order valence-electron chi connectivity index (χ3n) is 3.44. The number of rotatable bonds is 5. The largest absolute Gasteiger partial charge is 0.480 e. The molecule has 1 aromatic rings. The van der Waals surface area contributed by atoms with E-state index in [2.05, 4.69) is 0 Å². The summed E-state index contributed by atoms with van der Waals surface area (Å²) in [6.07, 6.45) is 0.778. The molecule has 1 atom stereocenters. The maximum Gasteiger partial charge on any atom is 0.338 e. The molecule has 1 aliphatic rings. The number of aliphatic carboxylic acids is 1. The van der Waals surface area contributed by atoms with Crippen molar-refractivity contribution in [2.45, 2.75) is 30.7 Å². The van der Waals surface area contributed by atoms with Crippen LogP contribution in [0.5, 0.6) is 0 Å². The first-order chi connectivity index (χ1) is 10.4. The summed E-state index contributed by atoms with van der Waals surface area (Å²) in [6, 6.07) is 4.39. The Morgan fingerprint density at radius 1 is 1.41 bits per heavy atom. The highest BCUT2D eigenvalue weighted by Crippen LogP contribution is 2.26. The Morgan fingerprint density at radius 2 is 2.14 bits per heavy atom. The maximum atomic E-state index is 12.6. The lowest BCUT2D eigenvalue weighted by Crippen LogP contribution is -2.40. The van der Waals surface area contributed by atoms with Crippen molar-refractivity contribution in [1.29, 1.82) is 0 Å². The standard InChI is InChI=1S/C14H17NO6S/c1-2-21-14(18)10-5-3-6-11(9-10)22(19,20)15-8-4-7-12(15)13(16)17/h3,5-6,9,12H,2,4,7-8H2,1H3,(H,16,17). The minimum atomic E-state index is -3.96. The van der Waals surface area contributed by atoms with Crippen LogP contribution in [0.1, 0.15) is 30.1 Å². The molecule has 1 unspecified atom stereocenters. The first-order valence-electron chi connectivity index (χ1n) is 6.89. The number of carbonyl (C=O) groups excluding carboxylic acids is 1. The van der Waals surface area contributed by atoms with Crippen molar-refractivity contribution >= 4 is 22.0 Å². The summed E-state index contributed by atoms with van der Waals surface area (Å²) in [6.45, 7) is 1.99. The van der Waals surface area contributed by atoms with Gasteiger partial charge in [0.05, 0.1) is 17.1 Å². The van der Waals surface area contributed by atoms with Crippen LogP contribution in [0.15, 0.2) is 29.2 Å². The molecule has 2 rings (SSSR count). The molecule has 0 spiro atoms. The number of hydrogen-bond acceptors (Lipinski definition) is 5. The van der Waals surface area contributed by atoms with Gasteiger partial charge in [-0.1, -0.05) is 6.07 Å². The van der Waals surface area contributed by atoms with E-state index < -0.39 is 28.0 Å². The van der Waals surface area contributed by atoms with Crippen molar-refractivity contribution in [2.24, 2.45) is 0 Å². The Bertz CT molecular complexity index is 684. The highest BCUT2D eigenvalue weighted by Gasteiger charge is 2.39. The van der Waals surface area contributed by atoms with Gasteiger partial charge in [0.2, 0.25) is 10.0 Å². The fraction of sp³-hybridized carbons (Fsp3) is 0.429. The van der Waals surface area contributed by atoms with Gasteiger partial charge in [0.15, 0.2) is 0 Å². The molecule has 0 amide bonds. The highest BCUT2D eigenvalue weighted by molar-refractivity contribution is 7.89. The summed E-state index contributed by atoms with van der Waals surface area (Å²) in [5.41, 5.74) is 0.119. The van der Waals surface area contributed by atoms with Gasteiger partial charge in [-0.15, -0.1) is 0 Å². The Morgan fingerprint density at radius 3 is 2.77 bits per heavy atom. The van der Waals surface area contributed by atoms with E-state index in [9.17, 15) is 18.0 Å². The van der Waals surface area contributed by atoms with Crippen LogP contribution in [0.3, 0.4) is 0 Å². The Labute approximate surface area is 128 Å². The van der Waals surface area contributed by atoms with Crippen LogP contribution in [-0.2, 0) is 19.6 Å².